The van der Waals surface area contributed by atoms with E-state index in [4.69, 9.17) is 0 Å². The smallest absolute Gasteiger partial charge is 0.127 e. The van der Waals surface area contributed by atoms with Crippen LogP contribution in [-0.2, 0) is 13.0 Å². The van der Waals surface area contributed by atoms with Crippen molar-refractivity contribution in [1.82, 2.24) is 0 Å². The van der Waals surface area contributed by atoms with E-state index in [2.05, 4.69) is 30.0 Å². The molecule has 0 atom stereocenters. The highest BCUT2D eigenvalue weighted by Gasteiger charge is 2.17. The normalized spacial score (nSPS) is 14.2. The number of phenols is 1. The number of fused-ring (bicyclic) bond motifs is 1. The Morgan fingerprint density at radius 2 is 2.05 bits per heavy atom. The fourth-order valence-corrected chi connectivity index (χ4v) is 2.91. The van der Waals surface area contributed by atoms with Crippen molar-refractivity contribution in [2.75, 3.05) is 11.4 Å². The molecule has 0 aromatic heterocycles. The lowest BCUT2D eigenvalue weighted by Gasteiger charge is -2.31. The monoisotopic (exact) mass is 271 g/mol. The molecule has 0 radical (unpaired) electrons. The van der Waals surface area contributed by atoms with Crippen LogP contribution in [0.4, 0.5) is 10.1 Å². The topological polar surface area (TPSA) is 23.5 Å². The summed E-state index contributed by atoms with van der Waals surface area (Å²) in [4.78, 5) is 2.26. The van der Waals surface area contributed by atoms with Crippen LogP contribution in [0, 0.1) is 12.7 Å². The van der Waals surface area contributed by atoms with Crippen molar-refractivity contribution < 1.29 is 9.50 Å². The maximum atomic E-state index is 13.4. The molecule has 0 saturated carbocycles. The molecule has 0 spiro atoms. The van der Waals surface area contributed by atoms with E-state index in [0.717, 1.165) is 31.0 Å². The van der Waals surface area contributed by atoms with Gasteiger partial charge in [-0.3, -0.25) is 0 Å². The second-order valence-electron chi connectivity index (χ2n) is 5.47. The SMILES string of the molecule is Cc1ccc2c(c1)CCCN2Cc1cc(O)cc(F)c1. The van der Waals surface area contributed by atoms with Crippen molar-refractivity contribution in [1.29, 1.82) is 0 Å². The number of aryl methyl sites for hydroxylation is 2. The number of nitrogens with zero attached hydrogens (tertiary/aromatic N) is 1. The fraction of sp³-hybridized carbons (Fsp3) is 0.294. The number of phenolic OH excluding ortho intramolecular Hbond substituents is 1. The minimum absolute atomic E-state index is 0.0128. The quantitative estimate of drug-likeness (QED) is 0.898. The van der Waals surface area contributed by atoms with Gasteiger partial charge in [0.25, 0.3) is 0 Å². The van der Waals surface area contributed by atoms with Crippen LogP contribution in [0.2, 0.25) is 0 Å². The van der Waals surface area contributed by atoms with E-state index in [1.165, 1.54) is 22.9 Å². The Morgan fingerprint density at radius 3 is 2.85 bits per heavy atom. The van der Waals surface area contributed by atoms with Gasteiger partial charge in [0, 0.05) is 24.8 Å². The van der Waals surface area contributed by atoms with Gasteiger partial charge in [0.15, 0.2) is 0 Å². The van der Waals surface area contributed by atoms with Crippen molar-refractivity contribution in [2.45, 2.75) is 26.3 Å². The van der Waals surface area contributed by atoms with Gasteiger partial charge in [-0.1, -0.05) is 17.7 Å². The Balaban J connectivity index is 1.89. The molecule has 1 aliphatic rings. The maximum absolute atomic E-state index is 13.4. The molecule has 1 aliphatic heterocycles. The minimum atomic E-state index is -0.388. The highest BCUT2D eigenvalue weighted by molar-refractivity contribution is 5.57. The molecule has 0 unspecified atom stereocenters. The molecule has 0 fully saturated rings. The highest BCUT2D eigenvalue weighted by atomic mass is 19.1. The Kier molecular flexibility index (Phi) is 3.35. The summed E-state index contributed by atoms with van der Waals surface area (Å²) in [5.41, 5.74) is 4.66. The second kappa shape index (κ2) is 5.16. The molecule has 1 heterocycles. The van der Waals surface area contributed by atoms with Crippen molar-refractivity contribution in [3.8, 4) is 5.75 Å². The molecule has 2 aromatic carbocycles. The zero-order valence-electron chi connectivity index (χ0n) is 11.6. The van der Waals surface area contributed by atoms with Gasteiger partial charge in [-0.05, 0) is 49.1 Å². The van der Waals surface area contributed by atoms with Crippen LogP contribution in [0.5, 0.6) is 5.75 Å². The summed E-state index contributed by atoms with van der Waals surface area (Å²) in [5.74, 6) is -0.401. The van der Waals surface area contributed by atoms with Crippen molar-refractivity contribution in [2.24, 2.45) is 0 Å². The lowest BCUT2D eigenvalue weighted by atomic mass is 9.99. The summed E-state index contributed by atoms with van der Waals surface area (Å²) in [7, 11) is 0. The number of halogens is 1. The van der Waals surface area contributed by atoms with Crippen LogP contribution in [0.3, 0.4) is 0 Å². The van der Waals surface area contributed by atoms with Gasteiger partial charge >= 0.3 is 0 Å². The van der Waals surface area contributed by atoms with E-state index in [1.54, 1.807) is 6.07 Å². The summed E-state index contributed by atoms with van der Waals surface area (Å²) >= 11 is 0. The number of hydrogen-bond acceptors (Lipinski definition) is 2. The van der Waals surface area contributed by atoms with Gasteiger partial charge in [0.1, 0.15) is 11.6 Å². The number of rotatable bonds is 2. The maximum Gasteiger partial charge on any atom is 0.127 e. The van der Waals surface area contributed by atoms with Gasteiger partial charge in [0.05, 0.1) is 0 Å². The van der Waals surface area contributed by atoms with Gasteiger partial charge in [-0.25, -0.2) is 4.39 Å². The molecule has 3 heteroatoms. The van der Waals surface area contributed by atoms with Crippen LogP contribution in [0.1, 0.15) is 23.1 Å². The fourth-order valence-electron chi connectivity index (χ4n) is 2.91. The van der Waals surface area contributed by atoms with Crippen LogP contribution in [0.15, 0.2) is 36.4 Å². The third kappa shape index (κ3) is 2.62. The van der Waals surface area contributed by atoms with Gasteiger partial charge in [0.2, 0.25) is 0 Å². The summed E-state index contributed by atoms with van der Waals surface area (Å²) < 4.78 is 13.4. The van der Waals surface area contributed by atoms with E-state index in [9.17, 15) is 9.50 Å². The number of benzene rings is 2. The molecular weight excluding hydrogens is 253 g/mol. The summed E-state index contributed by atoms with van der Waals surface area (Å²) in [6, 6.07) is 10.7. The Labute approximate surface area is 118 Å². The molecular formula is C17H18FNO. The average molecular weight is 271 g/mol. The molecule has 104 valence electrons. The molecule has 2 nitrogen and oxygen atoms in total. The van der Waals surface area contributed by atoms with E-state index in [1.807, 2.05) is 0 Å². The molecule has 0 aliphatic carbocycles. The van der Waals surface area contributed by atoms with Gasteiger partial charge in [-0.15, -0.1) is 0 Å². The predicted octanol–water partition coefficient (Wildman–Crippen LogP) is 3.79. The minimum Gasteiger partial charge on any atom is -0.508 e. The molecule has 0 amide bonds. The average Bonchev–Trinajstić information content (AvgIpc) is 2.37. The van der Waals surface area contributed by atoms with E-state index in [0.29, 0.717) is 6.54 Å². The largest absolute Gasteiger partial charge is 0.508 e. The van der Waals surface area contributed by atoms with Gasteiger partial charge in [-0.2, -0.15) is 0 Å². The summed E-state index contributed by atoms with van der Waals surface area (Å²) in [5, 5.41) is 9.50. The molecule has 1 N–H and O–H groups in total. The lowest BCUT2D eigenvalue weighted by Crippen LogP contribution is -2.28. The standard InChI is InChI=1S/C17H18FNO/c1-12-4-5-17-14(7-12)3-2-6-19(17)11-13-8-15(18)10-16(20)9-13/h4-5,7-10,20H,2-3,6,11H2,1H3. The summed E-state index contributed by atoms with van der Waals surface area (Å²) in [6.45, 7) is 3.69. The van der Waals surface area contributed by atoms with Crippen LogP contribution < -0.4 is 4.90 Å². The molecule has 3 rings (SSSR count). The Hall–Kier alpha value is -2.03. The summed E-state index contributed by atoms with van der Waals surface area (Å²) in [6.07, 6.45) is 2.21. The Morgan fingerprint density at radius 1 is 1.20 bits per heavy atom. The first-order chi connectivity index (χ1) is 9.61. The van der Waals surface area contributed by atoms with E-state index >= 15 is 0 Å². The highest BCUT2D eigenvalue weighted by Crippen LogP contribution is 2.29. The number of aromatic hydroxyl groups is 1. The lowest BCUT2D eigenvalue weighted by molar-refractivity contribution is 0.468. The molecule has 0 bridgehead atoms. The molecule has 0 saturated heterocycles. The predicted molar refractivity (Wildman–Crippen MR) is 78.6 cm³/mol. The van der Waals surface area contributed by atoms with E-state index < -0.39 is 0 Å². The van der Waals surface area contributed by atoms with Crippen LogP contribution in [0.25, 0.3) is 0 Å². The third-order valence-corrected chi connectivity index (χ3v) is 3.77. The first kappa shape index (κ1) is 13.0. The zero-order chi connectivity index (χ0) is 14.1. The third-order valence-electron chi connectivity index (χ3n) is 3.77. The number of hydrogen-bond donors (Lipinski definition) is 1. The first-order valence-electron chi connectivity index (χ1n) is 6.95. The Bertz CT molecular complexity index is 619. The first-order valence-corrected chi connectivity index (χ1v) is 6.95. The molecule has 20 heavy (non-hydrogen) atoms. The van der Waals surface area contributed by atoms with Crippen LogP contribution >= 0.6 is 0 Å². The van der Waals surface area contributed by atoms with Crippen LogP contribution in [-0.4, -0.2) is 11.7 Å². The second-order valence-corrected chi connectivity index (χ2v) is 5.47. The van der Waals surface area contributed by atoms with Crippen molar-refractivity contribution >= 4 is 5.69 Å². The molecule has 2 aromatic rings. The number of anilines is 1. The van der Waals surface area contributed by atoms with Crippen molar-refractivity contribution in [3.05, 3.63) is 58.9 Å². The van der Waals surface area contributed by atoms with Gasteiger partial charge < -0.3 is 10.0 Å². The van der Waals surface area contributed by atoms with E-state index in [-0.39, 0.29) is 11.6 Å². The zero-order valence-corrected chi connectivity index (χ0v) is 11.6. The van der Waals surface area contributed by atoms with Crippen molar-refractivity contribution in [3.63, 3.8) is 0 Å².